The summed E-state index contributed by atoms with van der Waals surface area (Å²) in [6.07, 6.45) is 2.25. The summed E-state index contributed by atoms with van der Waals surface area (Å²) in [7, 11) is 0. The Morgan fingerprint density at radius 1 is 1.58 bits per heavy atom. The fraction of sp³-hybridized carbons (Fsp3) is 1.00. The molecule has 3 unspecified atom stereocenters. The third-order valence-electron chi connectivity index (χ3n) is 3.83. The minimum atomic E-state index is -0.446. The highest BCUT2D eigenvalue weighted by Crippen LogP contribution is 2.59. The van der Waals surface area contributed by atoms with Crippen LogP contribution in [0.3, 0.4) is 0 Å². The van der Waals surface area contributed by atoms with Crippen LogP contribution in [0.5, 0.6) is 0 Å². The van der Waals surface area contributed by atoms with E-state index in [1.807, 2.05) is 6.92 Å². The Balaban J connectivity index is 2.62. The molecule has 1 heteroatoms. The summed E-state index contributed by atoms with van der Waals surface area (Å²) in [4.78, 5) is 0. The highest BCUT2D eigenvalue weighted by atomic mass is 16.3. The van der Waals surface area contributed by atoms with E-state index in [1.54, 1.807) is 0 Å². The molecule has 0 aromatic rings. The van der Waals surface area contributed by atoms with Crippen LogP contribution in [-0.2, 0) is 0 Å². The Morgan fingerprint density at radius 2 is 2.00 bits per heavy atom. The maximum Gasteiger partial charge on any atom is 0.0678 e. The zero-order chi connectivity index (χ0) is 9.57. The predicted octanol–water partition coefficient (Wildman–Crippen LogP) is 2.83. The number of rotatable bonds is 3. The van der Waals surface area contributed by atoms with E-state index < -0.39 is 5.60 Å². The van der Waals surface area contributed by atoms with Crippen molar-refractivity contribution in [3.8, 4) is 0 Å². The van der Waals surface area contributed by atoms with Gasteiger partial charge in [-0.15, -0.1) is 0 Å². The summed E-state index contributed by atoms with van der Waals surface area (Å²) >= 11 is 0. The van der Waals surface area contributed by atoms with Gasteiger partial charge in [-0.3, -0.25) is 0 Å². The van der Waals surface area contributed by atoms with Crippen molar-refractivity contribution < 1.29 is 5.11 Å². The molecule has 1 fully saturated rings. The van der Waals surface area contributed by atoms with Gasteiger partial charge in [-0.25, -0.2) is 0 Å². The Morgan fingerprint density at radius 3 is 2.25 bits per heavy atom. The second-order valence-electron chi connectivity index (χ2n) is 5.28. The van der Waals surface area contributed by atoms with Gasteiger partial charge in [0.25, 0.3) is 0 Å². The molecule has 0 saturated heterocycles. The van der Waals surface area contributed by atoms with E-state index in [-0.39, 0.29) is 0 Å². The summed E-state index contributed by atoms with van der Waals surface area (Å²) in [5, 5.41) is 10.3. The monoisotopic (exact) mass is 170 g/mol. The molecule has 1 aliphatic rings. The molecule has 0 aromatic carbocycles. The van der Waals surface area contributed by atoms with Gasteiger partial charge in [0.05, 0.1) is 5.60 Å². The van der Waals surface area contributed by atoms with Gasteiger partial charge >= 0.3 is 0 Å². The minimum Gasteiger partial charge on any atom is -0.390 e. The van der Waals surface area contributed by atoms with E-state index in [2.05, 4.69) is 27.7 Å². The van der Waals surface area contributed by atoms with Crippen molar-refractivity contribution in [3.63, 3.8) is 0 Å². The maximum atomic E-state index is 10.3. The zero-order valence-electron chi connectivity index (χ0n) is 9.02. The quantitative estimate of drug-likeness (QED) is 0.690. The van der Waals surface area contributed by atoms with Crippen LogP contribution in [0, 0.1) is 17.3 Å². The standard InChI is InChI=1S/C11H22O/c1-6-8(2)11(5,12)9-7-10(9,3)4/h8-9,12H,6-7H2,1-5H3. The van der Waals surface area contributed by atoms with Gasteiger partial charge in [0, 0.05) is 0 Å². The second kappa shape index (κ2) is 2.73. The average molecular weight is 170 g/mol. The molecular formula is C11H22O. The average Bonchev–Trinajstić information content (AvgIpc) is 2.59. The molecule has 0 heterocycles. The summed E-state index contributed by atoms with van der Waals surface area (Å²) in [6, 6.07) is 0. The van der Waals surface area contributed by atoms with E-state index in [1.165, 1.54) is 6.42 Å². The van der Waals surface area contributed by atoms with Crippen molar-refractivity contribution >= 4 is 0 Å². The molecule has 1 saturated carbocycles. The van der Waals surface area contributed by atoms with Crippen molar-refractivity contribution in [2.24, 2.45) is 17.3 Å². The SMILES string of the molecule is CCC(C)C(C)(O)C1CC1(C)C. The van der Waals surface area contributed by atoms with Gasteiger partial charge in [-0.2, -0.15) is 0 Å². The van der Waals surface area contributed by atoms with Gasteiger partial charge < -0.3 is 5.11 Å². The van der Waals surface area contributed by atoms with Gasteiger partial charge in [-0.1, -0.05) is 34.1 Å². The minimum absolute atomic E-state index is 0.382. The van der Waals surface area contributed by atoms with Gasteiger partial charge in [-0.05, 0) is 30.6 Å². The van der Waals surface area contributed by atoms with Crippen molar-refractivity contribution in [2.75, 3.05) is 0 Å². The third kappa shape index (κ3) is 1.52. The molecule has 0 aromatic heterocycles. The molecule has 1 N–H and O–H groups in total. The van der Waals surface area contributed by atoms with Crippen LogP contribution < -0.4 is 0 Å². The number of hydrogen-bond acceptors (Lipinski definition) is 1. The van der Waals surface area contributed by atoms with E-state index in [4.69, 9.17) is 0 Å². The number of hydrogen-bond donors (Lipinski definition) is 1. The first-order chi connectivity index (χ1) is 5.32. The summed E-state index contributed by atoms with van der Waals surface area (Å²) in [5.74, 6) is 0.934. The third-order valence-corrected chi connectivity index (χ3v) is 3.83. The van der Waals surface area contributed by atoms with Gasteiger partial charge in [0.2, 0.25) is 0 Å². The van der Waals surface area contributed by atoms with E-state index in [9.17, 15) is 5.11 Å². The number of aliphatic hydroxyl groups is 1. The maximum absolute atomic E-state index is 10.3. The van der Waals surface area contributed by atoms with Gasteiger partial charge in [0.1, 0.15) is 0 Å². The molecule has 0 bridgehead atoms. The fourth-order valence-corrected chi connectivity index (χ4v) is 2.22. The first-order valence-electron chi connectivity index (χ1n) is 5.04. The molecule has 72 valence electrons. The van der Waals surface area contributed by atoms with E-state index in [0.29, 0.717) is 17.3 Å². The van der Waals surface area contributed by atoms with Crippen LogP contribution in [0.1, 0.15) is 47.5 Å². The Kier molecular flexibility index (Phi) is 2.28. The van der Waals surface area contributed by atoms with E-state index in [0.717, 1.165) is 6.42 Å². The molecule has 1 nitrogen and oxygen atoms in total. The van der Waals surface area contributed by atoms with Crippen LogP contribution >= 0.6 is 0 Å². The second-order valence-corrected chi connectivity index (χ2v) is 5.28. The molecule has 0 radical (unpaired) electrons. The lowest BCUT2D eigenvalue weighted by Crippen LogP contribution is -2.36. The first-order valence-corrected chi connectivity index (χ1v) is 5.04. The zero-order valence-corrected chi connectivity index (χ0v) is 9.02. The molecule has 0 amide bonds. The lowest BCUT2D eigenvalue weighted by atomic mass is 9.82. The highest BCUT2D eigenvalue weighted by molar-refractivity contribution is 5.06. The fourth-order valence-electron chi connectivity index (χ4n) is 2.22. The van der Waals surface area contributed by atoms with Crippen LogP contribution in [0.25, 0.3) is 0 Å². The molecule has 12 heavy (non-hydrogen) atoms. The highest BCUT2D eigenvalue weighted by Gasteiger charge is 2.56. The lowest BCUT2D eigenvalue weighted by molar-refractivity contribution is -0.0261. The summed E-state index contributed by atoms with van der Waals surface area (Å²) in [6.45, 7) is 10.8. The van der Waals surface area contributed by atoms with Crippen molar-refractivity contribution in [2.45, 2.75) is 53.1 Å². The van der Waals surface area contributed by atoms with E-state index >= 15 is 0 Å². The molecule has 1 aliphatic carbocycles. The van der Waals surface area contributed by atoms with Gasteiger partial charge in [0.15, 0.2) is 0 Å². The van der Waals surface area contributed by atoms with Crippen LogP contribution in [0.2, 0.25) is 0 Å². The summed E-state index contributed by atoms with van der Waals surface area (Å²) < 4.78 is 0. The largest absolute Gasteiger partial charge is 0.390 e. The Hall–Kier alpha value is -0.0400. The van der Waals surface area contributed by atoms with Crippen LogP contribution in [0.4, 0.5) is 0 Å². The Bertz CT molecular complexity index is 170. The van der Waals surface area contributed by atoms with Crippen molar-refractivity contribution in [1.82, 2.24) is 0 Å². The molecule has 1 rings (SSSR count). The topological polar surface area (TPSA) is 20.2 Å². The lowest BCUT2D eigenvalue weighted by Gasteiger charge is -2.31. The summed E-state index contributed by atoms with van der Waals surface area (Å²) in [5.41, 5.74) is -0.0643. The smallest absolute Gasteiger partial charge is 0.0678 e. The molecule has 3 atom stereocenters. The predicted molar refractivity (Wildman–Crippen MR) is 52.0 cm³/mol. The molecular weight excluding hydrogens is 148 g/mol. The van der Waals surface area contributed by atoms with Crippen molar-refractivity contribution in [1.29, 1.82) is 0 Å². The first kappa shape index (κ1) is 10.0. The molecule has 0 spiro atoms. The van der Waals surface area contributed by atoms with Crippen molar-refractivity contribution in [3.05, 3.63) is 0 Å². The van der Waals surface area contributed by atoms with Crippen LogP contribution in [0.15, 0.2) is 0 Å². The Labute approximate surface area is 76.2 Å². The molecule has 0 aliphatic heterocycles. The van der Waals surface area contributed by atoms with Crippen LogP contribution in [-0.4, -0.2) is 10.7 Å². The normalized spacial score (nSPS) is 34.0.